The van der Waals surface area contributed by atoms with Crippen molar-refractivity contribution in [1.29, 1.82) is 0 Å². The number of amides is 1. The number of ether oxygens (including phenoxy) is 1. The van der Waals surface area contributed by atoms with Gasteiger partial charge in [0.1, 0.15) is 0 Å². The van der Waals surface area contributed by atoms with Gasteiger partial charge in [0.05, 0.1) is 18.2 Å². The number of benzene rings is 2. The lowest BCUT2D eigenvalue weighted by atomic mass is 9.94. The molecular formula is C30H39N3O3S. The first-order chi connectivity index (χ1) is 17.7. The third kappa shape index (κ3) is 7.65. The van der Waals surface area contributed by atoms with Crippen LogP contribution in [0.2, 0.25) is 0 Å². The number of thiocarbonyl (C=S) groups is 1. The predicted molar refractivity (Wildman–Crippen MR) is 153 cm³/mol. The first kappa shape index (κ1) is 28.4. The Bertz CT molecular complexity index is 1140. The zero-order valence-electron chi connectivity index (χ0n) is 22.6. The van der Waals surface area contributed by atoms with Crippen molar-refractivity contribution >= 4 is 34.9 Å². The highest BCUT2D eigenvalue weighted by Crippen LogP contribution is 2.32. The molecule has 0 radical (unpaired) electrons. The molecule has 0 aromatic heterocycles. The Balaban J connectivity index is 1.75. The van der Waals surface area contributed by atoms with E-state index in [0.29, 0.717) is 28.5 Å². The van der Waals surface area contributed by atoms with Crippen molar-refractivity contribution < 1.29 is 14.3 Å². The van der Waals surface area contributed by atoms with Crippen LogP contribution in [-0.2, 0) is 16.0 Å². The van der Waals surface area contributed by atoms with Gasteiger partial charge in [-0.25, -0.2) is 4.79 Å². The fourth-order valence-electron chi connectivity index (χ4n) is 4.25. The average molecular weight is 522 g/mol. The van der Waals surface area contributed by atoms with Gasteiger partial charge in [0.2, 0.25) is 0 Å². The van der Waals surface area contributed by atoms with E-state index in [2.05, 4.69) is 17.6 Å². The lowest BCUT2D eigenvalue weighted by Gasteiger charge is -2.35. The van der Waals surface area contributed by atoms with Gasteiger partial charge < -0.3 is 20.3 Å². The molecule has 198 valence electrons. The van der Waals surface area contributed by atoms with Crippen molar-refractivity contribution in [3.8, 4) is 0 Å². The SMILES string of the molecule is CCCCCCc1ccc(C(=O)Nc2cccc(C3NC(=S)N(C)C(C)=C3C(=O)OCC(C)C)c2)cc1. The Morgan fingerprint density at radius 1 is 1.11 bits per heavy atom. The van der Waals surface area contributed by atoms with Crippen LogP contribution in [0.4, 0.5) is 5.69 Å². The van der Waals surface area contributed by atoms with Crippen LogP contribution in [0.5, 0.6) is 0 Å². The van der Waals surface area contributed by atoms with Crippen LogP contribution in [-0.4, -0.2) is 35.5 Å². The summed E-state index contributed by atoms with van der Waals surface area (Å²) in [5.74, 6) is -0.320. The number of rotatable bonds is 11. The molecule has 0 aliphatic carbocycles. The Morgan fingerprint density at radius 2 is 1.84 bits per heavy atom. The van der Waals surface area contributed by atoms with Gasteiger partial charge >= 0.3 is 5.97 Å². The smallest absolute Gasteiger partial charge is 0.338 e. The molecule has 3 rings (SSSR count). The summed E-state index contributed by atoms with van der Waals surface area (Å²) in [4.78, 5) is 27.8. The Morgan fingerprint density at radius 3 is 2.51 bits per heavy atom. The van der Waals surface area contributed by atoms with Crippen molar-refractivity contribution in [1.82, 2.24) is 10.2 Å². The van der Waals surface area contributed by atoms with Gasteiger partial charge in [-0.15, -0.1) is 0 Å². The van der Waals surface area contributed by atoms with Gasteiger partial charge in [0.15, 0.2) is 5.11 Å². The second-order valence-electron chi connectivity index (χ2n) is 10.0. The topological polar surface area (TPSA) is 70.7 Å². The highest BCUT2D eigenvalue weighted by Gasteiger charge is 2.33. The largest absolute Gasteiger partial charge is 0.462 e. The molecule has 1 aliphatic heterocycles. The summed E-state index contributed by atoms with van der Waals surface area (Å²) in [6.07, 6.45) is 5.91. The normalized spacial score (nSPS) is 15.6. The van der Waals surface area contributed by atoms with Crippen molar-refractivity contribution in [2.24, 2.45) is 5.92 Å². The molecule has 6 nitrogen and oxygen atoms in total. The van der Waals surface area contributed by atoms with Gasteiger partial charge in [-0.1, -0.05) is 64.3 Å². The Kier molecular flexibility index (Phi) is 10.3. The third-order valence-electron chi connectivity index (χ3n) is 6.53. The van der Waals surface area contributed by atoms with Crippen LogP contribution >= 0.6 is 12.2 Å². The van der Waals surface area contributed by atoms with E-state index in [9.17, 15) is 9.59 Å². The van der Waals surface area contributed by atoms with E-state index in [0.717, 1.165) is 17.7 Å². The molecule has 1 unspecified atom stereocenters. The first-order valence-electron chi connectivity index (χ1n) is 13.1. The number of aryl methyl sites for hydroxylation is 1. The zero-order valence-corrected chi connectivity index (χ0v) is 23.4. The summed E-state index contributed by atoms with van der Waals surface area (Å²) in [5, 5.41) is 6.77. The highest BCUT2D eigenvalue weighted by molar-refractivity contribution is 7.80. The van der Waals surface area contributed by atoms with Crippen molar-refractivity contribution in [2.75, 3.05) is 19.0 Å². The molecule has 0 saturated carbocycles. The van der Waals surface area contributed by atoms with Crippen LogP contribution in [0.25, 0.3) is 0 Å². The van der Waals surface area contributed by atoms with E-state index in [1.807, 2.05) is 76.3 Å². The summed E-state index contributed by atoms with van der Waals surface area (Å²) in [5.41, 5.74) is 4.56. The summed E-state index contributed by atoms with van der Waals surface area (Å²) in [6.45, 7) is 8.41. The van der Waals surface area contributed by atoms with E-state index >= 15 is 0 Å². The molecule has 0 fully saturated rings. The fraction of sp³-hybridized carbons (Fsp3) is 0.433. The molecule has 2 N–H and O–H groups in total. The summed E-state index contributed by atoms with van der Waals surface area (Å²) >= 11 is 5.50. The van der Waals surface area contributed by atoms with Crippen molar-refractivity contribution in [3.63, 3.8) is 0 Å². The van der Waals surface area contributed by atoms with E-state index in [4.69, 9.17) is 17.0 Å². The van der Waals surface area contributed by atoms with Gasteiger partial charge in [0, 0.05) is 24.0 Å². The molecule has 1 heterocycles. The van der Waals surface area contributed by atoms with E-state index in [-0.39, 0.29) is 17.8 Å². The molecule has 1 amide bonds. The zero-order chi connectivity index (χ0) is 26.9. The van der Waals surface area contributed by atoms with Crippen LogP contribution in [0.15, 0.2) is 59.8 Å². The number of hydrogen-bond acceptors (Lipinski definition) is 4. The summed E-state index contributed by atoms with van der Waals surface area (Å²) < 4.78 is 5.57. The molecular weight excluding hydrogens is 482 g/mol. The molecule has 37 heavy (non-hydrogen) atoms. The quantitative estimate of drug-likeness (QED) is 0.203. The van der Waals surface area contributed by atoms with E-state index in [1.54, 1.807) is 4.90 Å². The second-order valence-corrected chi connectivity index (χ2v) is 10.4. The first-order valence-corrected chi connectivity index (χ1v) is 13.5. The highest BCUT2D eigenvalue weighted by atomic mass is 32.1. The minimum Gasteiger partial charge on any atom is -0.462 e. The Hall–Kier alpha value is -3.19. The maximum absolute atomic E-state index is 13.1. The maximum Gasteiger partial charge on any atom is 0.338 e. The van der Waals surface area contributed by atoms with Crippen LogP contribution in [0.1, 0.15) is 80.9 Å². The summed E-state index contributed by atoms with van der Waals surface area (Å²) in [7, 11) is 1.82. The number of carbonyl (C=O) groups is 2. The molecule has 2 aromatic carbocycles. The molecule has 1 aliphatic rings. The minimum absolute atomic E-state index is 0.176. The van der Waals surface area contributed by atoms with Crippen molar-refractivity contribution in [3.05, 3.63) is 76.5 Å². The molecule has 1 atom stereocenters. The summed E-state index contributed by atoms with van der Waals surface area (Å²) in [6, 6.07) is 14.8. The van der Waals surface area contributed by atoms with Gasteiger partial charge in [-0.2, -0.15) is 0 Å². The predicted octanol–water partition coefficient (Wildman–Crippen LogP) is 6.40. The lowest BCUT2D eigenvalue weighted by Crippen LogP contribution is -2.46. The number of unbranched alkanes of at least 4 members (excludes halogenated alkanes) is 3. The number of carbonyl (C=O) groups excluding carboxylic acids is 2. The van der Waals surface area contributed by atoms with Gasteiger partial charge in [0.25, 0.3) is 5.91 Å². The number of esters is 1. The molecule has 0 spiro atoms. The van der Waals surface area contributed by atoms with E-state index in [1.165, 1.54) is 31.2 Å². The lowest BCUT2D eigenvalue weighted by molar-refractivity contribution is -0.140. The van der Waals surface area contributed by atoms with E-state index < -0.39 is 6.04 Å². The second kappa shape index (κ2) is 13.4. The van der Waals surface area contributed by atoms with Gasteiger partial charge in [-0.3, -0.25) is 4.79 Å². The molecule has 7 heteroatoms. The monoisotopic (exact) mass is 521 g/mol. The van der Waals surface area contributed by atoms with Crippen molar-refractivity contribution in [2.45, 2.75) is 65.8 Å². The van der Waals surface area contributed by atoms with Gasteiger partial charge in [-0.05, 0) is 73.3 Å². The average Bonchev–Trinajstić information content (AvgIpc) is 2.88. The van der Waals surface area contributed by atoms with Crippen LogP contribution in [0, 0.1) is 5.92 Å². The molecule has 0 bridgehead atoms. The standard InChI is InChI=1S/C30H39N3O3S/c1-6-7-8-9-11-22-14-16-23(17-15-22)28(34)31-25-13-10-12-24(18-25)27-26(29(35)36-19-20(2)3)21(4)33(5)30(37)32-27/h10,12-18,20,27H,6-9,11,19H2,1-5H3,(H,31,34)(H,32,37). The maximum atomic E-state index is 13.1. The number of allylic oxidation sites excluding steroid dienone is 1. The number of anilines is 1. The number of nitrogens with one attached hydrogen (secondary N) is 2. The molecule has 0 saturated heterocycles. The Labute approximate surface area is 226 Å². The molecule has 2 aromatic rings. The van der Waals surface area contributed by atoms with Crippen LogP contribution in [0.3, 0.4) is 0 Å². The fourth-order valence-corrected chi connectivity index (χ4v) is 4.50. The third-order valence-corrected chi connectivity index (χ3v) is 6.93. The number of hydrogen-bond donors (Lipinski definition) is 2. The number of nitrogens with zero attached hydrogens (tertiary/aromatic N) is 1. The van der Waals surface area contributed by atoms with Crippen LogP contribution < -0.4 is 10.6 Å². The minimum atomic E-state index is -0.479.